The largest absolute Gasteiger partial charge is 0.440 e. The van der Waals surface area contributed by atoms with Gasteiger partial charge in [0.05, 0.1) is 11.2 Å². The van der Waals surface area contributed by atoms with Crippen LogP contribution in [0.15, 0.2) is 61.1 Å². The van der Waals surface area contributed by atoms with Crippen LogP contribution >= 0.6 is 0 Å². The monoisotopic (exact) mass is 276 g/mol. The molecule has 0 fully saturated rings. The number of imidazole rings is 1. The van der Waals surface area contributed by atoms with Gasteiger partial charge in [0, 0.05) is 24.0 Å². The van der Waals surface area contributed by atoms with Crippen LogP contribution in [0, 0.1) is 0 Å². The summed E-state index contributed by atoms with van der Waals surface area (Å²) in [5, 5.41) is 0.884. The smallest absolute Gasteiger partial charge is 0.205 e. The highest BCUT2D eigenvalue weighted by molar-refractivity contribution is 5.93. The van der Waals surface area contributed by atoms with Gasteiger partial charge in [-0.05, 0) is 36.4 Å². The Morgan fingerprint density at radius 2 is 1.90 bits per heavy atom. The van der Waals surface area contributed by atoms with Crippen molar-refractivity contribution in [1.82, 2.24) is 14.4 Å². The summed E-state index contributed by atoms with van der Waals surface area (Å²) in [5.41, 5.74) is 8.18. The molecule has 0 unspecified atom stereocenters. The van der Waals surface area contributed by atoms with E-state index in [9.17, 15) is 0 Å². The SMILES string of the molecule is Nc1ccc(Oc2cccc3nccn23)c2cccnc12. The van der Waals surface area contributed by atoms with Crippen molar-refractivity contribution in [3.63, 3.8) is 0 Å². The Bertz CT molecular complexity index is 945. The van der Waals surface area contributed by atoms with E-state index in [4.69, 9.17) is 10.5 Å². The van der Waals surface area contributed by atoms with E-state index in [2.05, 4.69) is 9.97 Å². The van der Waals surface area contributed by atoms with Crippen LogP contribution in [-0.2, 0) is 0 Å². The maximum atomic E-state index is 6.05. The first-order valence-electron chi connectivity index (χ1n) is 6.56. The molecule has 1 aromatic carbocycles. The van der Waals surface area contributed by atoms with Gasteiger partial charge in [-0.3, -0.25) is 9.38 Å². The lowest BCUT2D eigenvalue weighted by molar-refractivity contribution is 0.461. The first kappa shape index (κ1) is 11.7. The molecule has 0 saturated heterocycles. The second-order valence-electron chi connectivity index (χ2n) is 4.67. The van der Waals surface area contributed by atoms with E-state index < -0.39 is 0 Å². The fourth-order valence-electron chi connectivity index (χ4n) is 2.37. The Hall–Kier alpha value is -3.08. The molecule has 0 aliphatic carbocycles. The third kappa shape index (κ3) is 1.87. The Labute approximate surface area is 120 Å². The average molecular weight is 276 g/mol. The molecule has 4 rings (SSSR count). The van der Waals surface area contributed by atoms with Crippen LogP contribution in [0.1, 0.15) is 0 Å². The molecule has 102 valence electrons. The standard InChI is InChI=1S/C16H12N4O/c17-12-6-7-13(11-3-2-8-19-16(11)12)21-15-5-1-4-14-18-9-10-20(14)15/h1-10H,17H2. The minimum atomic E-state index is 0.638. The zero-order chi connectivity index (χ0) is 14.2. The number of nitrogens with two attached hydrogens (primary N) is 1. The van der Waals surface area contributed by atoms with Gasteiger partial charge in [-0.2, -0.15) is 0 Å². The molecule has 0 atom stereocenters. The highest BCUT2D eigenvalue weighted by atomic mass is 16.5. The molecule has 0 aliphatic rings. The number of fused-ring (bicyclic) bond motifs is 2. The minimum absolute atomic E-state index is 0.638. The number of ether oxygens (including phenoxy) is 1. The van der Waals surface area contributed by atoms with Crippen LogP contribution < -0.4 is 10.5 Å². The van der Waals surface area contributed by atoms with Crippen molar-refractivity contribution in [2.75, 3.05) is 5.73 Å². The van der Waals surface area contributed by atoms with Crippen molar-refractivity contribution in [2.24, 2.45) is 0 Å². The van der Waals surface area contributed by atoms with Crippen LogP contribution in [0.2, 0.25) is 0 Å². The lowest BCUT2D eigenvalue weighted by atomic mass is 10.2. The van der Waals surface area contributed by atoms with E-state index in [0.29, 0.717) is 17.3 Å². The molecule has 2 N–H and O–H groups in total. The van der Waals surface area contributed by atoms with E-state index in [-0.39, 0.29) is 0 Å². The van der Waals surface area contributed by atoms with Crippen LogP contribution in [-0.4, -0.2) is 14.4 Å². The molecule has 0 bridgehead atoms. The number of aromatic nitrogens is 3. The van der Waals surface area contributed by atoms with E-state index in [1.54, 1.807) is 18.5 Å². The van der Waals surface area contributed by atoms with Gasteiger partial charge in [-0.25, -0.2) is 4.98 Å². The second kappa shape index (κ2) is 4.49. The molecule has 5 nitrogen and oxygen atoms in total. The van der Waals surface area contributed by atoms with Gasteiger partial charge in [-0.1, -0.05) is 6.07 Å². The van der Waals surface area contributed by atoms with E-state index in [1.807, 2.05) is 47.0 Å². The van der Waals surface area contributed by atoms with Crippen molar-refractivity contribution in [3.05, 3.63) is 61.1 Å². The highest BCUT2D eigenvalue weighted by Gasteiger charge is 2.09. The number of hydrogen-bond acceptors (Lipinski definition) is 4. The van der Waals surface area contributed by atoms with Gasteiger partial charge in [0.1, 0.15) is 11.4 Å². The van der Waals surface area contributed by atoms with Crippen molar-refractivity contribution >= 4 is 22.2 Å². The number of nitrogens with zero attached hydrogens (tertiary/aromatic N) is 3. The summed E-state index contributed by atoms with van der Waals surface area (Å²) in [6.07, 6.45) is 5.33. The minimum Gasteiger partial charge on any atom is -0.440 e. The molecule has 0 radical (unpaired) electrons. The molecule has 0 saturated carbocycles. The van der Waals surface area contributed by atoms with E-state index in [0.717, 1.165) is 16.6 Å². The van der Waals surface area contributed by atoms with Crippen LogP contribution in [0.5, 0.6) is 11.6 Å². The Morgan fingerprint density at radius 1 is 0.952 bits per heavy atom. The second-order valence-corrected chi connectivity index (χ2v) is 4.67. The van der Waals surface area contributed by atoms with Crippen LogP contribution in [0.4, 0.5) is 5.69 Å². The maximum Gasteiger partial charge on any atom is 0.205 e. The quantitative estimate of drug-likeness (QED) is 0.571. The topological polar surface area (TPSA) is 65.4 Å². The zero-order valence-electron chi connectivity index (χ0n) is 11.1. The summed E-state index contributed by atoms with van der Waals surface area (Å²) >= 11 is 0. The number of anilines is 1. The molecule has 3 aromatic heterocycles. The Kier molecular flexibility index (Phi) is 2.50. The predicted octanol–water partition coefficient (Wildman–Crippen LogP) is 3.26. The lowest BCUT2D eigenvalue weighted by Gasteiger charge is -2.11. The third-order valence-electron chi connectivity index (χ3n) is 3.37. The number of rotatable bonds is 2. The normalized spacial score (nSPS) is 11.0. The van der Waals surface area contributed by atoms with Gasteiger partial charge in [-0.15, -0.1) is 0 Å². The van der Waals surface area contributed by atoms with Crippen molar-refractivity contribution in [2.45, 2.75) is 0 Å². The number of benzene rings is 1. The first-order chi connectivity index (χ1) is 10.3. The van der Waals surface area contributed by atoms with Gasteiger partial charge in [0.15, 0.2) is 0 Å². The summed E-state index contributed by atoms with van der Waals surface area (Å²) in [6.45, 7) is 0. The van der Waals surface area contributed by atoms with Crippen molar-refractivity contribution in [1.29, 1.82) is 0 Å². The summed E-state index contributed by atoms with van der Waals surface area (Å²) in [5.74, 6) is 1.41. The molecule has 0 spiro atoms. The molecule has 3 heterocycles. The molecular formula is C16H12N4O. The third-order valence-corrected chi connectivity index (χ3v) is 3.37. The van der Waals surface area contributed by atoms with Gasteiger partial charge < -0.3 is 10.5 Å². The van der Waals surface area contributed by atoms with Gasteiger partial charge in [0.2, 0.25) is 5.88 Å². The number of pyridine rings is 2. The van der Waals surface area contributed by atoms with Gasteiger partial charge in [0.25, 0.3) is 0 Å². The zero-order valence-corrected chi connectivity index (χ0v) is 11.1. The summed E-state index contributed by atoms with van der Waals surface area (Å²) < 4.78 is 7.93. The molecule has 0 aliphatic heterocycles. The summed E-state index contributed by atoms with van der Waals surface area (Å²) in [6, 6.07) is 13.2. The average Bonchev–Trinajstić information content (AvgIpc) is 3.00. The first-order valence-corrected chi connectivity index (χ1v) is 6.56. The summed E-state index contributed by atoms with van der Waals surface area (Å²) in [7, 11) is 0. The molecule has 0 amide bonds. The van der Waals surface area contributed by atoms with E-state index >= 15 is 0 Å². The molecule has 4 aromatic rings. The highest BCUT2D eigenvalue weighted by Crippen LogP contribution is 2.32. The van der Waals surface area contributed by atoms with Crippen LogP contribution in [0.3, 0.4) is 0 Å². The number of nitrogen functional groups attached to an aromatic ring is 1. The van der Waals surface area contributed by atoms with Gasteiger partial charge >= 0.3 is 0 Å². The Balaban J connectivity index is 1.88. The molecule has 5 heteroatoms. The Morgan fingerprint density at radius 3 is 2.86 bits per heavy atom. The van der Waals surface area contributed by atoms with Crippen molar-refractivity contribution < 1.29 is 4.74 Å². The predicted molar refractivity (Wildman–Crippen MR) is 81.4 cm³/mol. The fraction of sp³-hybridized carbons (Fsp3) is 0. The molecular weight excluding hydrogens is 264 g/mol. The summed E-state index contributed by atoms with van der Waals surface area (Å²) in [4.78, 5) is 8.56. The fourth-order valence-corrected chi connectivity index (χ4v) is 2.37. The molecule has 21 heavy (non-hydrogen) atoms. The van der Waals surface area contributed by atoms with E-state index in [1.165, 1.54) is 0 Å². The van der Waals surface area contributed by atoms with Crippen molar-refractivity contribution in [3.8, 4) is 11.6 Å². The lowest BCUT2D eigenvalue weighted by Crippen LogP contribution is -1.95. The van der Waals surface area contributed by atoms with Crippen LogP contribution in [0.25, 0.3) is 16.6 Å². The maximum absolute atomic E-state index is 6.05. The number of hydrogen-bond donors (Lipinski definition) is 1.